The van der Waals surface area contributed by atoms with Crippen molar-refractivity contribution in [3.8, 4) is 11.5 Å². The van der Waals surface area contributed by atoms with E-state index in [1.807, 2.05) is 0 Å². The summed E-state index contributed by atoms with van der Waals surface area (Å²) in [5.41, 5.74) is 0.383. The topological polar surface area (TPSA) is 61.8 Å². The van der Waals surface area contributed by atoms with E-state index < -0.39 is 17.6 Å². The summed E-state index contributed by atoms with van der Waals surface area (Å²) in [6.45, 7) is 3.21. The minimum Gasteiger partial charge on any atom is -0.482 e. The molecule has 2 aromatic rings. The van der Waals surface area contributed by atoms with Crippen LogP contribution in [0.15, 0.2) is 42.2 Å². The number of ketones is 1. The van der Waals surface area contributed by atoms with E-state index in [1.165, 1.54) is 36.4 Å². The van der Waals surface area contributed by atoms with Crippen molar-refractivity contribution in [2.45, 2.75) is 20.0 Å². The van der Waals surface area contributed by atoms with Crippen LogP contribution in [0.25, 0.3) is 6.08 Å². The lowest BCUT2D eigenvalue weighted by atomic mass is 10.1. The minimum absolute atomic E-state index is 0.0478. The van der Waals surface area contributed by atoms with Gasteiger partial charge in [0, 0.05) is 11.6 Å². The zero-order chi connectivity index (χ0) is 19.6. The molecule has 0 bridgehead atoms. The number of Topliss-reactive ketones (excluding diaryl/α,β-unsaturated/α-hetero) is 1. The summed E-state index contributed by atoms with van der Waals surface area (Å²) in [6, 6.07) is 8.78. The molecule has 0 aliphatic carbocycles. The molecule has 0 amide bonds. The van der Waals surface area contributed by atoms with Crippen LogP contribution >= 0.6 is 11.6 Å². The van der Waals surface area contributed by atoms with Gasteiger partial charge in [0.25, 0.3) is 0 Å². The van der Waals surface area contributed by atoms with Gasteiger partial charge in [-0.15, -0.1) is 0 Å². The minimum atomic E-state index is -0.560. The zero-order valence-electron chi connectivity index (χ0n) is 14.6. The number of carbonyl (C=O) groups is 2. The van der Waals surface area contributed by atoms with Crippen molar-refractivity contribution >= 4 is 29.4 Å². The number of rotatable bonds is 5. The number of halogens is 2. The van der Waals surface area contributed by atoms with E-state index >= 15 is 0 Å². The lowest BCUT2D eigenvalue weighted by Crippen LogP contribution is -2.18. The molecular weight excluding hydrogens is 375 g/mol. The highest BCUT2D eigenvalue weighted by molar-refractivity contribution is 6.32. The summed E-state index contributed by atoms with van der Waals surface area (Å²) < 4.78 is 29.8. The molecular formula is C20H16ClFO5. The molecule has 1 heterocycles. The molecule has 0 unspecified atom stereocenters. The SMILES string of the molecule is CC(C)OC(=O)COc1ccc2c(c1)O/C(=C/c1c(F)cccc1Cl)C2=O. The molecule has 0 atom stereocenters. The highest BCUT2D eigenvalue weighted by Crippen LogP contribution is 2.35. The highest BCUT2D eigenvalue weighted by atomic mass is 35.5. The Morgan fingerprint density at radius 1 is 1.30 bits per heavy atom. The van der Waals surface area contributed by atoms with Crippen molar-refractivity contribution in [1.82, 2.24) is 0 Å². The fourth-order valence-electron chi connectivity index (χ4n) is 2.48. The second kappa shape index (κ2) is 7.80. The van der Waals surface area contributed by atoms with Crippen molar-refractivity contribution in [3.63, 3.8) is 0 Å². The standard InChI is InChI=1S/C20H16ClFO5/c1-11(2)26-19(23)10-25-12-6-7-13-17(8-12)27-18(20(13)24)9-14-15(21)4-3-5-16(14)22/h3-9,11H,10H2,1-2H3/b18-9+. The first kappa shape index (κ1) is 18.9. The molecule has 27 heavy (non-hydrogen) atoms. The maximum absolute atomic E-state index is 13.9. The number of fused-ring (bicyclic) bond motifs is 1. The van der Waals surface area contributed by atoms with Crippen molar-refractivity contribution in [3.05, 3.63) is 64.1 Å². The third-order valence-corrected chi connectivity index (χ3v) is 3.97. The van der Waals surface area contributed by atoms with Gasteiger partial charge in [-0.25, -0.2) is 9.18 Å². The molecule has 0 N–H and O–H groups in total. The summed E-state index contributed by atoms with van der Waals surface area (Å²) in [5, 5.41) is 0.169. The molecule has 5 nitrogen and oxygen atoms in total. The monoisotopic (exact) mass is 390 g/mol. The predicted molar refractivity (Wildman–Crippen MR) is 97.5 cm³/mol. The summed E-state index contributed by atoms with van der Waals surface area (Å²) in [4.78, 5) is 24.0. The molecule has 7 heteroatoms. The molecule has 1 aliphatic heterocycles. The average molecular weight is 391 g/mol. The van der Waals surface area contributed by atoms with E-state index in [9.17, 15) is 14.0 Å². The van der Waals surface area contributed by atoms with Gasteiger partial charge >= 0.3 is 5.97 Å². The van der Waals surface area contributed by atoms with E-state index in [1.54, 1.807) is 19.9 Å². The van der Waals surface area contributed by atoms with Crippen LogP contribution in [-0.2, 0) is 9.53 Å². The molecule has 3 rings (SSSR count). The Balaban J connectivity index is 1.77. The number of allylic oxidation sites excluding steroid dienone is 1. The molecule has 1 aliphatic rings. The van der Waals surface area contributed by atoms with Crippen LogP contribution in [0.1, 0.15) is 29.8 Å². The number of ether oxygens (including phenoxy) is 3. The van der Waals surface area contributed by atoms with Gasteiger partial charge in [0.1, 0.15) is 17.3 Å². The highest BCUT2D eigenvalue weighted by Gasteiger charge is 2.28. The van der Waals surface area contributed by atoms with Crippen molar-refractivity contribution in [2.75, 3.05) is 6.61 Å². The van der Waals surface area contributed by atoms with Crippen molar-refractivity contribution in [2.24, 2.45) is 0 Å². The third-order valence-electron chi connectivity index (χ3n) is 3.64. The maximum atomic E-state index is 13.9. The summed E-state index contributed by atoms with van der Waals surface area (Å²) in [5.74, 6) is -0.906. The van der Waals surface area contributed by atoms with Crippen LogP contribution in [-0.4, -0.2) is 24.5 Å². The number of hydrogen-bond acceptors (Lipinski definition) is 5. The van der Waals surface area contributed by atoms with Gasteiger partial charge in [0.2, 0.25) is 5.78 Å². The fourth-order valence-corrected chi connectivity index (χ4v) is 2.69. The molecule has 0 saturated carbocycles. The van der Waals surface area contributed by atoms with Gasteiger partial charge < -0.3 is 14.2 Å². The van der Waals surface area contributed by atoms with E-state index in [0.29, 0.717) is 11.3 Å². The smallest absolute Gasteiger partial charge is 0.344 e. The van der Waals surface area contributed by atoms with E-state index in [2.05, 4.69) is 0 Å². The van der Waals surface area contributed by atoms with Crippen LogP contribution in [0.4, 0.5) is 4.39 Å². The molecule has 2 aromatic carbocycles. The summed E-state index contributed by atoms with van der Waals surface area (Å²) in [7, 11) is 0. The Bertz CT molecular complexity index is 916. The quantitative estimate of drug-likeness (QED) is 0.558. The van der Waals surface area contributed by atoms with Crippen LogP contribution in [0.2, 0.25) is 5.02 Å². The normalized spacial score (nSPS) is 14.3. The fraction of sp³-hybridized carbons (Fsp3) is 0.200. The van der Waals surface area contributed by atoms with Gasteiger partial charge in [0.05, 0.1) is 16.7 Å². The zero-order valence-corrected chi connectivity index (χ0v) is 15.4. The first-order valence-electron chi connectivity index (χ1n) is 8.19. The van der Waals surface area contributed by atoms with Gasteiger partial charge in [-0.3, -0.25) is 4.79 Å². The molecule has 0 radical (unpaired) electrons. The lowest BCUT2D eigenvalue weighted by Gasteiger charge is -2.09. The van der Waals surface area contributed by atoms with Gasteiger partial charge in [-0.2, -0.15) is 0 Å². The molecule has 0 aromatic heterocycles. The Hall–Kier alpha value is -2.86. The van der Waals surface area contributed by atoms with Gasteiger partial charge in [0.15, 0.2) is 12.4 Å². The van der Waals surface area contributed by atoms with E-state index in [4.69, 9.17) is 25.8 Å². The number of benzene rings is 2. The number of esters is 1. The van der Waals surface area contributed by atoms with E-state index in [-0.39, 0.29) is 34.8 Å². The molecule has 140 valence electrons. The second-order valence-electron chi connectivity index (χ2n) is 6.06. The van der Waals surface area contributed by atoms with Crippen LogP contribution in [0, 0.1) is 5.82 Å². The third kappa shape index (κ3) is 4.28. The summed E-state index contributed by atoms with van der Waals surface area (Å²) in [6.07, 6.45) is 1.03. The van der Waals surface area contributed by atoms with Crippen molar-refractivity contribution < 1.29 is 28.2 Å². The first-order valence-corrected chi connectivity index (χ1v) is 8.57. The maximum Gasteiger partial charge on any atom is 0.344 e. The largest absolute Gasteiger partial charge is 0.482 e. The Kier molecular flexibility index (Phi) is 5.46. The Morgan fingerprint density at radius 2 is 2.07 bits per heavy atom. The summed E-state index contributed by atoms with van der Waals surface area (Å²) >= 11 is 5.98. The molecule has 0 saturated heterocycles. The van der Waals surface area contributed by atoms with Crippen molar-refractivity contribution in [1.29, 1.82) is 0 Å². The number of hydrogen-bond donors (Lipinski definition) is 0. The molecule has 0 spiro atoms. The van der Waals surface area contributed by atoms with Crippen LogP contribution in [0.5, 0.6) is 11.5 Å². The first-order chi connectivity index (χ1) is 12.8. The van der Waals surface area contributed by atoms with Gasteiger partial charge in [-0.05, 0) is 44.2 Å². The number of carbonyl (C=O) groups excluding carboxylic acids is 2. The van der Waals surface area contributed by atoms with Gasteiger partial charge in [-0.1, -0.05) is 17.7 Å². The Morgan fingerprint density at radius 3 is 2.78 bits per heavy atom. The average Bonchev–Trinajstić information content (AvgIpc) is 2.91. The molecule has 0 fully saturated rings. The van der Waals surface area contributed by atoms with Crippen LogP contribution < -0.4 is 9.47 Å². The Labute approximate surface area is 160 Å². The second-order valence-corrected chi connectivity index (χ2v) is 6.47. The predicted octanol–water partition coefficient (Wildman–Crippen LogP) is 4.43. The van der Waals surface area contributed by atoms with Crippen LogP contribution in [0.3, 0.4) is 0 Å². The lowest BCUT2D eigenvalue weighted by molar-refractivity contribution is -0.149. The van der Waals surface area contributed by atoms with E-state index in [0.717, 1.165) is 0 Å².